The van der Waals surface area contributed by atoms with E-state index in [0.29, 0.717) is 19.4 Å². The zero-order valence-corrected chi connectivity index (χ0v) is 12.5. The Morgan fingerprint density at radius 2 is 2.19 bits per heavy atom. The molecule has 0 aromatic heterocycles. The average molecular weight is 289 g/mol. The normalized spacial score (nSPS) is 23.5. The second-order valence-corrected chi connectivity index (χ2v) is 5.48. The van der Waals surface area contributed by atoms with Crippen molar-refractivity contribution in [2.75, 3.05) is 13.2 Å². The molecule has 1 fully saturated rings. The highest BCUT2D eigenvalue weighted by Gasteiger charge is 2.42. The number of nitrogens with zero attached hydrogens (tertiary/aromatic N) is 1. The summed E-state index contributed by atoms with van der Waals surface area (Å²) in [6.07, 6.45) is 3.40. The highest BCUT2D eigenvalue weighted by molar-refractivity contribution is 5.70. The number of cyclic esters (lactones) is 1. The molecule has 1 aromatic carbocycles. The van der Waals surface area contributed by atoms with Gasteiger partial charge in [0.1, 0.15) is 5.60 Å². The predicted octanol–water partition coefficient (Wildman–Crippen LogP) is 3.07. The number of amides is 1. The van der Waals surface area contributed by atoms with Crippen LogP contribution in [0.5, 0.6) is 0 Å². The van der Waals surface area contributed by atoms with Crippen molar-refractivity contribution in [3.05, 3.63) is 48.6 Å². The molecule has 114 valence electrons. The first-order valence-electron chi connectivity index (χ1n) is 7.41. The third-order valence-electron chi connectivity index (χ3n) is 4.15. The molecule has 2 atom stereocenters. The summed E-state index contributed by atoms with van der Waals surface area (Å²) in [5.74, 6) is 0. The van der Waals surface area contributed by atoms with Gasteiger partial charge in [-0.15, -0.1) is 6.58 Å². The lowest BCUT2D eigenvalue weighted by Gasteiger charge is -2.43. The maximum Gasteiger partial charge on any atom is 0.411 e. The molecule has 1 aliphatic heterocycles. The zero-order valence-electron chi connectivity index (χ0n) is 12.5. The molecule has 1 heterocycles. The van der Waals surface area contributed by atoms with Gasteiger partial charge >= 0.3 is 6.09 Å². The summed E-state index contributed by atoms with van der Waals surface area (Å²) in [6, 6.07) is 9.77. The summed E-state index contributed by atoms with van der Waals surface area (Å²) in [5.41, 5.74) is 0.371. The van der Waals surface area contributed by atoms with Gasteiger partial charge in [-0.05, 0) is 25.3 Å². The number of hydrogen-bond donors (Lipinski definition) is 1. The monoisotopic (exact) mass is 289 g/mol. The quantitative estimate of drug-likeness (QED) is 0.819. The van der Waals surface area contributed by atoms with Crippen LogP contribution in [-0.2, 0) is 10.3 Å². The Labute approximate surface area is 126 Å². The van der Waals surface area contributed by atoms with E-state index in [4.69, 9.17) is 9.84 Å². The summed E-state index contributed by atoms with van der Waals surface area (Å²) >= 11 is 0. The summed E-state index contributed by atoms with van der Waals surface area (Å²) in [4.78, 5) is 14.0. The number of aliphatic hydroxyl groups excluding tert-OH is 1. The van der Waals surface area contributed by atoms with Gasteiger partial charge in [-0.3, -0.25) is 0 Å². The van der Waals surface area contributed by atoms with Gasteiger partial charge in [-0.1, -0.05) is 36.4 Å². The van der Waals surface area contributed by atoms with E-state index in [9.17, 15) is 4.79 Å². The Hall–Kier alpha value is -1.81. The average Bonchev–Trinajstić information content (AvgIpc) is 2.53. The Bertz CT molecular complexity index is 488. The molecule has 0 aliphatic carbocycles. The lowest BCUT2D eigenvalue weighted by atomic mass is 9.84. The Kier molecular flexibility index (Phi) is 5.02. The molecule has 0 radical (unpaired) electrons. The summed E-state index contributed by atoms with van der Waals surface area (Å²) < 4.78 is 5.83. The first kappa shape index (κ1) is 15.6. The number of ether oxygens (including phenoxy) is 1. The molecule has 0 bridgehead atoms. The number of carbonyl (C=O) groups is 1. The number of rotatable bonds is 6. The van der Waals surface area contributed by atoms with Crippen molar-refractivity contribution in [3.63, 3.8) is 0 Å². The third kappa shape index (κ3) is 3.27. The summed E-state index contributed by atoms with van der Waals surface area (Å²) in [5, 5.41) is 9.14. The minimum absolute atomic E-state index is 0.0379. The van der Waals surface area contributed by atoms with Gasteiger partial charge in [0, 0.05) is 19.6 Å². The van der Waals surface area contributed by atoms with Crippen LogP contribution < -0.4 is 0 Å². The number of benzene rings is 1. The van der Waals surface area contributed by atoms with Crippen molar-refractivity contribution in [2.45, 2.75) is 37.8 Å². The van der Waals surface area contributed by atoms with E-state index in [1.807, 2.05) is 37.3 Å². The van der Waals surface area contributed by atoms with E-state index in [0.717, 1.165) is 12.0 Å². The minimum atomic E-state index is -0.627. The molecule has 2 rings (SSSR count). The number of hydrogen-bond acceptors (Lipinski definition) is 3. The standard InChI is InChI=1S/C17H23NO3/c1-3-14(2)18-12-11-17(10-7-13-19,21-16(18)20)15-8-5-4-6-9-15/h3-6,8-9,14,19H,1,7,10-13H2,2H3. The van der Waals surface area contributed by atoms with E-state index < -0.39 is 5.60 Å². The van der Waals surface area contributed by atoms with Crippen LogP contribution in [0.4, 0.5) is 4.79 Å². The van der Waals surface area contributed by atoms with Crippen molar-refractivity contribution in [1.82, 2.24) is 4.90 Å². The fourth-order valence-electron chi connectivity index (χ4n) is 2.80. The second kappa shape index (κ2) is 6.76. The first-order chi connectivity index (χ1) is 10.1. The van der Waals surface area contributed by atoms with Crippen LogP contribution in [0, 0.1) is 0 Å². The molecule has 1 aromatic rings. The van der Waals surface area contributed by atoms with Gasteiger partial charge in [0.25, 0.3) is 0 Å². The van der Waals surface area contributed by atoms with Crippen LogP contribution >= 0.6 is 0 Å². The lowest BCUT2D eigenvalue weighted by Crippen LogP contribution is -2.50. The zero-order chi connectivity index (χ0) is 15.3. The van der Waals surface area contributed by atoms with Crippen LogP contribution in [0.2, 0.25) is 0 Å². The van der Waals surface area contributed by atoms with Gasteiger partial charge in [0.05, 0.1) is 6.04 Å². The predicted molar refractivity (Wildman–Crippen MR) is 81.9 cm³/mol. The highest BCUT2D eigenvalue weighted by atomic mass is 16.6. The molecule has 4 heteroatoms. The van der Waals surface area contributed by atoms with Gasteiger partial charge in [-0.2, -0.15) is 0 Å². The molecule has 4 nitrogen and oxygen atoms in total. The molecule has 2 unspecified atom stereocenters. The van der Waals surface area contributed by atoms with E-state index in [2.05, 4.69) is 6.58 Å². The third-order valence-corrected chi connectivity index (χ3v) is 4.15. The van der Waals surface area contributed by atoms with Crippen molar-refractivity contribution in [2.24, 2.45) is 0 Å². The van der Waals surface area contributed by atoms with Crippen molar-refractivity contribution in [3.8, 4) is 0 Å². The molecular weight excluding hydrogens is 266 g/mol. The van der Waals surface area contributed by atoms with Gasteiger partial charge in [0.2, 0.25) is 0 Å². The lowest BCUT2D eigenvalue weighted by molar-refractivity contribution is -0.0644. The van der Waals surface area contributed by atoms with E-state index in [1.54, 1.807) is 11.0 Å². The van der Waals surface area contributed by atoms with Crippen molar-refractivity contribution >= 4 is 6.09 Å². The first-order valence-corrected chi connectivity index (χ1v) is 7.41. The summed E-state index contributed by atoms with van der Waals surface area (Å²) in [6.45, 7) is 6.39. The maximum absolute atomic E-state index is 12.3. The highest BCUT2D eigenvalue weighted by Crippen LogP contribution is 2.38. The van der Waals surface area contributed by atoms with E-state index >= 15 is 0 Å². The number of carbonyl (C=O) groups excluding carboxylic acids is 1. The minimum Gasteiger partial charge on any atom is -0.438 e. The Balaban J connectivity index is 2.24. The largest absolute Gasteiger partial charge is 0.438 e. The maximum atomic E-state index is 12.3. The molecule has 0 spiro atoms. The van der Waals surface area contributed by atoms with Crippen molar-refractivity contribution < 1.29 is 14.6 Å². The smallest absolute Gasteiger partial charge is 0.411 e. The van der Waals surface area contributed by atoms with E-state index in [-0.39, 0.29) is 18.7 Å². The second-order valence-electron chi connectivity index (χ2n) is 5.48. The molecule has 1 N–H and O–H groups in total. The molecule has 1 aliphatic rings. The Morgan fingerprint density at radius 1 is 1.48 bits per heavy atom. The van der Waals surface area contributed by atoms with Gasteiger partial charge in [-0.25, -0.2) is 4.79 Å². The SMILES string of the molecule is C=CC(C)N1CCC(CCCO)(c2ccccc2)OC1=O. The van der Waals surface area contributed by atoms with Crippen LogP contribution in [-0.4, -0.2) is 35.3 Å². The van der Waals surface area contributed by atoms with Gasteiger partial charge in [0.15, 0.2) is 0 Å². The Morgan fingerprint density at radius 3 is 2.76 bits per heavy atom. The van der Waals surface area contributed by atoms with Crippen LogP contribution in [0.1, 0.15) is 31.7 Å². The molecule has 21 heavy (non-hydrogen) atoms. The molecular formula is C17H23NO3. The van der Waals surface area contributed by atoms with Crippen LogP contribution in [0.3, 0.4) is 0 Å². The van der Waals surface area contributed by atoms with E-state index in [1.165, 1.54) is 0 Å². The number of aliphatic hydroxyl groups is 1. The fraction of sp³-hybridized carbons (Fsp3) is 0.471. The van der Waals surface area contributed by atoms with Crippen LogP contribution in [0.15, 0.2) is 43.0 Å². The van der Waals surface area contributed by atoms with Crippen molar-refractivity contribution in [1.29, 1.82) is 0 Å². The van der Waals surface area contributed by atoms with Gasteiger partial charge < -0.3 is 14.7 Å². The molecule has 1 amide bonds. The summed E-state index contributed by atoms with van der Waals surface area (Å²) in [7, 11) is 0. The molecule has 1 saturated heterocycles. The molecule has 0 saturated carbocycles. The topological polar surface area (TPSA) is 49.8 Å². The van der Waals surface area contributed by atoms with Crippen LogP contribution in [0.25, 0.3) is 0 Å². The fourth-order valence-corrected chi connectivity index (χ4v) is 2.80.